The second-order valence-corrected chi connectivity index (χ2v) is 12.5. The van der Waals surface area contributed by atoms with Crippen LogP contribution in [0.25, 0.3) is 50.2 Å². The molecule has 41 heavy (non-hydrogen) atoms. The highest BCUT2D eigenvalue weighted by atomic mass is 32.2. The first-order valence-corrected chi connectivity index (χ1v) is 15.3. The van der Waals surface area contributed by atoms with Crippen molar-refractivity contribution in [2.45, 2.75) is 22.6 Å². The SMILES string of the molecule is O=S(=O)(c1ccccc1)c1cc(-n2c3c(c4ccccc42)C=CCC3)cc(-n2c3ccccc3c3ccccc32)c1. The van der Waals surface area contributed by atoms with Gasteiger partial charge >= 0.3 is 0 Å². The lowest BCUT2D eigenvalue weighted by atomic mass is 10.0. The predicted molar refractivity (Wildman–Crippen MR) is 167 cm³/mol. The van der Waals surface area contributed by atoms with Crippen LogP contribution in [0, 0.1) is 0 Å². The Morgan fingerprint density at radius 1 is 0.537 bits per heavy atom. The normalized spacial score (nSPS) is 13.3. The predicted octanol–water partition coefficient (Wildman–Crippen LogP) is 8.52. The van der Waals surface area contributed by atoms with Crippen LogP contribution in [0.3, 0.4) is 0 Å². The van der Waals surface area contributed by atoms with E-state index in [1.807, 2.05) is 48.5 Å². The Labute approximate surface area is 238 Å². The Morgan fingerprint density at radius 3 is 1.73 bits per heavy atom. The summed E-state index contributed by atoms with van der Waals surface area (Å²) in [6.07, 6.45) is 6.26. The third-order valence-electron chi connectivity index (χ3n) is 8.18. The molecule has 0 bridgehead atoms. The molecule has 2 heterocycles. The van der Waals surface area contributed by atoms with Crippen LogP contribution in [0.4, 0.5) is 0 Å². The van der Waals surface area contributed by atoms with Gasteiger partial charge in [-0.25, -0.2) is 8.42 Å². The number of hydrogen-bond acceptors (Lipinski definition) is 2. The summed E-state index contributed by atoms with van der Waals surface area (Å²) in [5.74, 6) is 0. The summed E-state index contributed by atoms with van der Waals surface area (Å²) >= 11 is 0. The molecule has 0 aliphatic heterocycles. The van der Waals surface area contributed by atoms with Crippen molar-refractivity contribution in [1.29, 1.82) is 0 Å². The van der Waals surface area contributed by atoms with E-state index in [1.54, 1.807) is 24.3 Å². The number of para-hydroxylation sites is 3. The molecule has 0 fully saturated rings. The van der Waals surface area contributed by atoms with Crippen LogP contribution in [0.1, 0.15) is 17.7 Å². The minimum atomic E-state index is -3.79. The quantitative estimate of drug-likeness (QED) is 0.220. The van der Waals surface area contributed by atoms with Gasteiger partial charge in [0, 0.05) is 38.8 Å². The van der Waals surface area contributed by atoms with E-state index in [-0.39, 0.29) is 9.79 Å². The molecule has 5 heteroatoms. The fraction of sp³-hybridized carbons (Fsp3) is 0.0556. The Bertz CT molecular complexity index is 2220. The number of hydrogen-bond donors (Lipinski definition) is 0. The highest BCUT2D eigenvalue weighted by Crippen LogP contribution is 2.38. The first kappa shape index (κ1) is 24.0. The average Bonchev–Trinajstić information content (AvgIpc) is 3.54. The molecule has 0 unspecified atom stereocenters. The molecule has 0 radical (unpaired) electrons. The van der Waals surface area contributed by atoms with Crippen LogP contribution in [0.15, 0.2) is 137 Å². The summed E-state index contributed by atoms with van der Waals surface area (Å²) < 4.78 is 32.7. The molecule has 7 aromatic rings. The summed E-state index contributed by atoms with van der Waals surface area (Å²) in [6.45, 7) is 0. The molecule has 5 aromatic carbocycles. The van der Waals surface area contributed by atoms with Gasteiger partial charge in [-0.05, 0) is 61.4 Å². The molecule has 0 N–H and O–H groups in total. The fourth-order valence-electron chi connectivity index (χ4n) is 6.38. The molecule has 198 valence electrons. The number of fused-ring (bicyclic) bond motifs is 6. The van der Waals surface area contributed by atoms with Crippen molar-refractivity contribution in [3.63, 3.8) is 0 Å². The van der Waals surface area contributed by atoms with Crippen LogP contribution in [0.5, 0.6) is 0 Å². The minimum absolute atomic E-state index is 0.274. The summed E-state index contributed by atoms with van der Waals surface area (Å²) in [4.78, 5) is 0.559. The van der Waals surface area contributed by atoms with Crippen LogP contribution < -0.4 is 0 Å². The highest BCUT2D eigenvalue weighted by molar-refractivity contribution is 7.91. The molecule has 0 spiro atoms. The number of benzene rings is 5. The van der Waals surface area contributed by atoms with Gasteiger partial charge in [0.1, 0.15) is 0 Å². The van der Waals surface area contributed by atoms with Crippen molar-refractivity contribution in [2.75, 3.05) is 0 Å². The molecule has 0 saturated carbocycles. The van der Waals surface area contributed by atoms with E-state index in [1.165, 1.54) is 16.6 Å². The lowest BCUT2D eigenvalue weighted by Crippen LogP contribution is -2.08. The third kappa shape index (κ3) is 3.63. The topological polar surface area (TPSA) is 44.0 Å². The molecule has 0 atom stereocenters. The van der Waals surface area contributed by atoms with Gasteiger partial charge in [0.05, 0.1) is 26.3 Å². The van der Waals surface area contributed by atoms with E-state index in [0.717, 1.165) is 51.5 Å². The van der Waals surface area contributed by atoms with Gasteiger partial charge in [0.15, 0.2) is 0 Å². The first-order valence-electron chi connectivity index (χ1n) is 13.8. The zero-order valence-electron chi connectivity index (χ0n) is 22.2. The Morgan fingerprint density at radius 2 is 1.07 bits per heavy atom. The van der Waals surface area contributed by atoms with Gasteiger partial charge in [-0.2, -0.15) is 0 Å². The standard InChI is InChI=1S/C36H26N2O2S/c39-41(40,27-12-2-1-3-13-27)28-23-25(37-33-18-8-4-14-29(33)30-15-5-9-19-34(30)37)22-26(24-28)38-35-20-10-6-16-31(35)32-17-7-11-21-36(32)38/h1-10,12-20,22-24H,11,21H2. The van der Waals surface area contributed by atoms with Crippen molar-refractivity contribution in [3.8, 4) is 11.4 Å². The second kappa shape index (κ2) is 9.08. The monoisotopic (exact) mass is 550 g/mol. The zero-order chi connectivity index (χ0) is 27.6. The maximum atomic E-state index is 14.1. The number of allylic oxidation sites excluding steroid dienone is 1. The number of rotatable bonds is 4. The smallest absolute Gasteiger partial charge is 0.206 e. The van der Waals surface area contributed by atoms with Gasteiger partial charge in [0.2, 0.25) is 9.84 Å². The van der Waals surface area contributed by atoms with E-state index < -0.39 is 9.84 Å². The fourth-order valence-corrected chi connectivity index (χ4v) is 7.72. The summed E-state index contributed by atoms with van der Waals surface area (Å²) in [5.41, 5.74) is 7.22. The molecule has 1 aliphatic carbocycles. The zero-order valence-corrected chi connectivity index (χ0v) is 23.1. The third-order valence-corrected chi connectivity index (χ3v) is 9.93. The lowest BCUT2D eigenvalue weighted by molar-refractivity contribution is 0.596. The molecule has 0 saturated heterocycles. The minimum Gasteiger partial charge on any atom is -0.313 e. The largest absolute Gasteiger partial charge is 0.313 e. The molecule has 4 nitrogen and oxygen atoms in total. The number of aromatic nitrogens is 2. The highest BCUT2D eigenvalue weighted by Gasteiger charge is 2.24. The van der Waals surface area contributed by atoms with Gasteiger partial charge in [-0.3, -0.25) is 0 Å². The van der Waals surface area contributed by atoms with E-state index in [4.69, 9.17) is 0 Å². The van der Waals surface area contributed by atoms with Crippen LogP contribution in [-0.4, -0.2) is 17.6 Å². The number of nitrogens with zero attached hydrogens (tertiary/aromatic N) is 2. The molecular formula is C36H26N2O2S. The van der Waals surface area contributed by atoms with Crippen molar-refractivity contribution < 1.29 is 8.42 Å². The maximum Gasteiger partial charge on any atom is 0.206 e. The molecule has 1 aliphatic rings. The average molecular weight is 551 g/mol. The maximum absolute atomic E-state index is 14.1. The molecular weight excluding hydrogens is 524 g/mol. The van der Waals surface area contributed by atoms with Gasteiger partial charge in [0.25, 0.3) is 0 Å². The molecule has 0 amide bonds. The van der Waals surface area contributed by atoms with Crippen LogP contribution in [0.2, 0.25) is 0 Å². The summed E-state index contributed by atoms with van der Waals surface area (Å²) in [6, 6.07) is 39.5. The Hall–Kier alpha value is -4.87. The van der Waals surface area contributed by atoms with Crippen molar-refractivity contribution in [2.24, 2.45) is 0 Å². The van der Waals surface area contributed by atoms with Crippen molar-refractivity contribution in [1.82, 2.24) is 9.13 Å². The van der Waals surface area contributed by atoms with E-state index in [2.05, 4.69) is 69.8 Å². The second-order valence-electron chi connectivity index (χ2n) is 10.5. The van der Waals surface area contributed by atoms with Gasteiger partial charge in [-0.15, -0.1) is 0 Å². The van der Waals surface area contributed by atoms with Gasteiger partial charge < -0.3 is 9.13 Å². The molecule has 2 aromatic heterocycles. The van der Waals surface area contributed by atoms with Crippen LogP contribution >= 0.6 is 0 Å². The van der Waals surface area contributed by atoms with E-state index in [9.17, 15) is 8.42 Å². The number of sulfone groups is 1. The molecule has 8 rings (SSSR count). The Kier molecular flexibility index (Phi) is 5.31. The van der Waals surface area contributed by atoms with E-state index in [0.29, 0.717) is 0 Å². The Balaban J connectivity index is 1.49. The van der Waals surface area contributed by atoms with Crippen molar-refractivity contribution >= 4 is 48.6 Å². The van der Waals surface area contributed by atoms with Crippen LogP contribution in [-0.2, 0) is 16.3 Å². The lowest BCUT2D eigenvalue weighted by Gasteiger charge is -2.18. The first-order chi connectivity index (χ1) is 20.1. The van der Waals surface area contributed by atoms with Gasteiger partial charge in [-0.1, -0.05) is 84.9 Å². The van der Waals surface area contributed by atoms with E-state index >= 15 is 0 Å². The summed E-state index contributed by atoms with van der Waals surface area (Å²) in [7, 11) is -3.79. The summed E-state index contributed by atoms with van der Waals surface area (Å²) in [5, 5.41) is 3.44. The van der Waals surface area contributed by atoms with Crippen molar-refractivity contribution in [3.05, 3.63) is 139 Å².